The third-order valence-corrected chi connectivity index (χ3v) is 2.86. The zero-order valence-electron chi connectivity index (χ0n) is 9.57. The number of rotatable bonds is 5. The lowest BCUT2D eigenvalue weighted by Crippen LogP contribution is -2.31. The van der Waals surface area contributed by atoms with E-state index in [0.717, 1.165) is 5.56 Å². The topological polar surface area (TPSA) is 101 Å². The molecule has 0 aliphatic carbocycles. The number of hydrogen-bond acceptors (Lipinski definition) is 6. The average molecular weight is 273 g/mol. The monoisotopic (exact) mass is 273 g/mol. The Bertz CT molecular complexity index is 442. The van der Waals surface area contributed by atoms with Crippen molar-refractivity contribution in [2.75, 3.05) is 19.8 Å². The molecular weight excluding hydrogens is 259 g/mol. The normalized spacial score (nSPS) is 19.2. The zero-order chi connectivity index (χ0) is 13.0. The predicted octanol–water partition coefficient (Wildman–Crippen LogP) is 0.263. The second kappa shape index (κ2) is 6.17. The molecule has 2 unspecified atom stereocenters. The molecule has 18 heavy (non-hydrogen) atoms. The van der Waals surface area contributed by atoms with E-state index in [2.05, 4.69) is 14.8 Å². The number of fused-ring (bicyclic) bond motifs is 1. The highest BCUT2D eigenvalue weighted by molar-refractivity contribution is 7.32. The Balaban J connectivity index is 2.20. The van der Waals surface area contributed by atoms with E-state index in [4.69, 9.17) is 14.7 Å². The molecule has 2 atom stereocenters. The minimum atomic E-state index is -2.72. The van der Waals surface area contributed by atoms with Crippen LogP contribution in [-0.2, 0) is 15.8 Å². The fourth-order valence-corrected chi connectivity index (χ4v) is 2.07. The summed E-state index contributed by atoms with van der Waals surface area (Å²) in [7, 11) is -2.72. The molecule has 98 valence electrons. The lowest BCUT2D eigenvalue weighted by atomic mass is 10.1. The number of nitrogens with one attached hydrogen (secondary N) is 1. The van der Waals surface area contributed by atoms with Crippen molar-refractivity contribution in [3.05, 3.63) is 23.4 Å². The molecule has 7 nitrogen and oxygen atoms in total. The Kier molecular flexibility index (Phi) is 4.57. The smallest absolute Gasteiger partial charge is 0.394 e. The molecule has 0 aromatic carbocycles. The third kappa shape index (κ3) is 3.22. The predicted molar refractivity (Wildman–Crippen MR) is 62.2 cm³/mol. The summed E-state index contributed by atoms with van der Waals surface area (Å²) in [4.78, 5) is 12.9. The first-order valence-electron chi connectivity index (χ1n) is 5.48. The summed E-state index contributed by atoms with van der Waals surface area (Å²) < 4.78 is 20.7. The maximum Gasteiger partial charge on any atom is 0.749 e. The van der Waals surface area contributed by atoms with Gasteiger partial charge in [0.2, 0.25) is 0 Å². The van der Waals surface area contributed by atoms with E-state index in [1.165, 1.54) is 0 Å². The van der Waals surface area contributed by atoms with E-state index in [1.807, 2.05) is 0 Å². The molecule has 3 N–H and O–H groups in total. The number of hydrogen-bond donors (Lipinski definition) is 3. The molecule has 0 spiro atoms. The lowest BCUT2D eigenvalue weighted by Gasteiger charge is -2.25. The highest BCUT2D eigenvalue weighted by Crippen LogP contribution is 2.28. The number of ether oxygens (including phenoxy) is 1. The number of nitrogens with zero attached hydrogens (tertiary/aromatic N) is 1. The van der Waals surface area contributed by atoms with Crippen molar-refractivity contribution < 1.29 is 23.8 Å². The Labute approximate surface area is 105 Å². The van der Waals surface area contributed by atoms with Gasteiger partial charge in [-0.1, -0.05) is 6.07 Å². The Morgan fingerprint density at radius 1 is 1.56 bits per heavy atom. The second-order valence-corrected chi connectivity index (χ2v) is 4.40. The molecule has 0 bridgehead atoms. The summed E-state index contributed by atoms with van der Waals surface area (Å²) in [5.74, 6) is 0.0943. The van der Waals surface area contributed by atoms with E-state index in [9.17, 15) is 4.57 Å². The summed E-state index contributed by atoms with van der Waals surface area (Å²) in [5.41, 5.74) is 1.63. The third-order valence-electron chi connectivity index (χ3n) is 2.52. The standard InChI is InChI=1S/C10H13N2O5P/c13-3-4-16-8-6-11-5-7-1-2-9(12-10(7)8)17-18(14)15/h1-2,8,11,13H,3-6H2/p+1. The van der Waals surface area contributed by atoms with Gasteiger partial charge in [-0.25, -0.2) is 9.51 Å². The molecule has 1 aromatic heterocycles. The van der Waals surface area contributed by atoms with Crippen molar-refractivity contribution in [1.29, 1.82) is 0 Å². The Morgan fingerprint density at radius 2 is 2.39 bits per heavy atom. The summed E-state index contributed by atoms with van der Waals surface area (Å²) in [6.45, 7) is 1.39. The van der Waals surface area contributed by atoms with Crippen LogP contribution in [0.2, 0.25) is 0 Å². The summed E-state index contributed by atoms with van der Waals surface area (Å²) in [6, 6.07) is 3.32. The number of aliphatic hydroxyl groups excluding tert-OH is 1. The molecule has 0 saturated carbocycles. The van der Waals surface area contributed by atoms with Gasteiger partial charge in [-0.2, -0.15) is 0 Å². The molecule has 0 saturated heterocycles. The van der Waals surface area contributed by atoms with E-state index in [1.54, 1.807) is 12.1 Å². The molecule has 8 heteroatoms. The second-order valence-electron chi connectivity index (χ2n) is 3.74. The van der Waals surface area contributed by atoms with E-state index in [-0.39, 0.29) is 25.2 Å². The average Bonchev–Trinajstić information content (AvgIpc) is 2.35. The highest BCUT2D eigenvalue weighted by Gasteiger charge is 2.25. The maximum absolute atomic E-state index is 10.6. The molecule has 0 radical (unpaired) electrons. The SMILES string of the molecule is O=[P+](O)Oc1ccc2c(n1)C(OCCO)CNC2. The van der Waals surface area contributed by atoms with E-state index < -0.39 is 8.25 Å². The first kappa shape index (κ1) is 13.3. The Hall–Kier alpha value is -1.11. The van der Waals surface area contributed by atoms with Crippen molar-refractivity contribution >= 4 is 8.25 Å². The quantitative estimate of drug-likeness (QED) is 0.661. The van der Waals surface area contributed by atoms with Crippen LogP contribution in [0.15, 0.2) is 12.1 Å². The highest BCUT2D eigenvalue weighted by atomic mass is 31.1. The minimum Gasteiger partial charge on any atom is -0.394 e. The van der Waals surface area contributed by atoms with Crippen LogP contribution in [0.5, 0.6) is 5.88 Å². The van der Waals surface area contributed by atoms with Gasteiger partial charge in [-0.05, 0) is 5.56 Å². The summed E-state index contributed by atoms with van der Waals surface area (Å²) in [5, 5.41) is 11.9. The first-order chi connectivity index (χ1) is 8.70. The maximum atomic E-state index is 10.6. The van der Waals surface area contributed by atoms with Crippen LogP contribution in [0.25, 0.3) is 0 Å². The van der Waals surface area contributed by atoms with Crippen LogP contribution in [0.3, 0.4) is 0 Å². The van der Waals surface area contributed by atoms with Crippen LogP contribution in [-0.4, -0.2) is 34.7 Å². The molecule has 0 fully saturated rings. The van der Waals surface area contributed by atoms with Crippen molar-refractivity contribution in [3.63, 3.8) is 0 Å². The summed E-state index contributed by atoms with van der Waals surface area (Å²) in [6.07, 6.45) is -0.291. The largest absolute Gasteiger partial charge is 0.749 e. The number of aromatic nitrogens is 1. The van der Waals surface area contributed by atoms with Gasteiger partial charge in [0.1, 0.15) is 6.10 Å². The first-order valence-corrected chi connectivity index (χ1v) is 6.61. The van der Waals surface area contributed by atoms with Crippen molar-refractivity contribution in [2.45, 2.75) is 12.6 Å². The van der Waals surface area contributed by atoms with Crippen LogP contribution in [0.1, 0.15) is 17.4 Å². The van der Waals surface area contributed by atoms with Crippen molar-refractivity contribution in [3.8, 4) is 5.88 Å². The molecule has 2 rings (SSSR count). The molecular formula is C10H14N2O5P+. The van der Waals surface area contributed by atoms with Crippen LogP contribution < -0.4 is 9.84 Å². The van der Waals surface area contributed by atoms with Crippen LogP contribution >= 0.6 is 8.25 Å². The fraction of sp³-hybridized carbons (Fsp3) is 0.500. The lowest BCUT2D eigenvalue weighted by molar-refractivity contribution is 0.0212. The van der Waals surface area contributed by atoms with E-state index in [0.29, 0.717) is 18.8 Å². The van der Waals surface area contributed by atoms with Gasteiger partial charge in [-0.15, -0.1) is 4.89 Å². The van der Waals surface area contributed by atoms with Crippen LogP contribution in [0.4, 0.5) is 0 Å². The molecule has 2 heterocycles. The summed E-state index contributed by atoms with van der Waals surface area (Å²) >= 11 is 0. The fourth-order valence-electron chi connectivity index (χ4n) is 1.81. The van der Waals surface area contributed by atoms with Crippen molar-refractivity contribution in [2.24, 2.45) is 0 Å². The van der Waals surface area contributed by atoms with Crippen molar-refractivity contribution in [1.82, 2.24) is 10.3 Å². The van der Waals surface area contributed by atoms with Gasteiger partial charge in [0.05, 0.1) is 18.9 Å². The number of pyridine rings is 1. The van der Waals surface area contributed by atoms with Gasteiger partial charge in [0.15, 0.2) is 0 Å². The van der Waals surface area contributed by atoms with Gasteiger partial charge in [-0.3, -0.25) is 0 Å². The molecule has 1 aliphatic rings. The van der Waals surface area contributed by atoms with Gasteiger partial charge < -0.3 is 15.2 Å². The van der Waals surface area contributed by atoms with Gasteiger partial charge in [0, 0.05) is 23.7 Å². The molecule has 0 amide bonds. The van der Waals surface area contributed by atoms with E-state index >= 15 is 0 Å². The minimum absolute atomic E-state index is 0.0650. The number of aliphatic hydroxyl groups is 1. The van der Waals surface area contributed by atoms with Gasteiger partial charge >= 0.3 is 8.25 Å². The molecule has 1 aliphatic heterocycles. The van der Waals surface area contributed by atoms with Crippen LogP contribution in [0, 0.1) is 0 Å². The zero-order valence-corrected chi connectivity index (χ0v) is 10.5. The van der Waals surface area contributed by atoms with Gasteiger partial charge in [0.25, 0.3) is 5.88 Å². The Morgan fingerprint density at radius 3 is 3.11 bits per heavy atom. The molecule has 1 aromatic rings.